The Bertz CT molecular complexity index is 476. The van der Waals surface area contributed by atoms with Crippen molar-refractivity contribution in [1.82, 2.24) is 5.32 Å². The first kappa shape index (κ1) is 15.4. The van der Waals surface area contributed by atoms with Gasteiger partial charge in [0.2, 0.25) is 0 Å². The van der Waals surface area contributed by atoms with Crippen molar-refractivity contribution in [3.63, 3.8) is 0 Å². The second-order valence-corrected chi connectivity index (χ2v) is 7.39. The molecule has 0 aromatic heterocycles. The van der Waals surface area contributed by atoms with Gasteiger partial charge in [0.15, 0.2) is 0 Å². The summed E-state index contributed by atoms with van der Waals surface area (Å²) in [4.78, 5) is 11.6. The lowest BCUT2D eigenvalue weighted by Crippen LogP contribution is -2.38. The Hall–Kier alpha value is -1.03. The van der Waals surface area contributed by atoms with Crippen LogP contribution < -0.4 is 5.32 Å². The highest BCUT2D eigenvalue weighted by Gasteiger charge is 2.30. The second kappa shape index (κ2) is 6.17. The molecule has 0 aliphatic heterocycles. The third-order valence-electron chi connectivity index (χ3n) is 3.49. The molecule has 0 unspecified atom stereocenters. The predicted octanol–water partition coefficient (Wildman–Crippen LogP) is 4.47. The van der Waals surface area contributed by atoms with Crippen LogP contribution in [0.3, 0.4) is 0 Å². The molecule has 0 radical (unpaired) electrons. The van der Waals surface area contributed by atoms with Gasteiger partial charge in [0.05, 0.1) is 0 Å². The molecule has 1 aromatic carbocycles. The molecule has 1 aliphatic carbocycles. The van der Waals surface area contributed by atoms with Crippen molar-refractivity contribution in [1.29, 1.82) is 0 Å². The van der Waals surface area contributed by atoms with Crippen LogP contribution in [-0.2, 0) is 4.74 Å². The Morgan fingerprint density at radius 1 is 1.40 bits per heavy atom. The molecule has 1 fully saturated rings. The number of carbonyl (C=O) groups is 1. The molecule has 1 aliphatic rings. The Balaban J connectivity index is 1.71. The van der Waals surface area contributed by atoms with Gasteiger partial charge in [0.25, 0.3) is 0 Å². The van der Waals surface area contributed by atoms with E-state index in [1.807, 2.05) is 26.8 Å². The summed E-state index contributed by atoms with van der Waals surface area (Å²) in [5.41, 5.74) is 0.954. The van der Waals surface area contributed by atoms with E-state index in [9.17, 15) is 4.79 Å². The molecule has 1 saturated carbocycles. The fraction of sp³-hybridized carbons (Fsp3) is 0.562. The molecule has 1 amide bonds. The van der Waals surface area contributed by atoms with Crippen molar-refractivity contribution < 1.29 is 9.53 Å². The number of ether oxygens (including phenoxy) is 1. The average molecular weight is 340 g/mol. The SMILES string of the molecule is CC(C)(C)OC(=O)NCC1CC(c2cccc(Br)c2)C1. The number of halogens is 1. The molecule has 0 saturated heterocycles. The van der Waals surface area contributed by atoms with Crippen molar-refractivity contribution in [2.24, 2.45) is 5.92 Å². The number of nitrogens with one attached hydrogen (secondary N) is 1. The number of hydrogen-bond acceptors (Lipinski definition) is 2. The minimum atomic E-state index is -0.428. The molecular formula is C16H22BrNO2. The summed E-state index contributed by atoms with van der Waals surface area (Å²) >= 11 is 3.50. The molecule has 0 atom stereocenters. The molecule has 2 rings (SSSR count). The quantitative estimate of drug-likeness (QED) is 0.882. The van der Waals surface area contributed by atoms with Crippen LogP contribution in [0.2, 0.25) is 0 Å². The second-order valence-electron chi connectivity index (χ2n) is 6.47. The summed E-state index contributed by atoms with van der Waals surface area (Å²) in [6.45, 7) is 6.33. The number of amides is 1. The van der Waals surface area contributed by atoms with E-state index >= 15 is 0 Å². The first-order chi connectivity index (χ1) is 9.33. The Morgan fingerprint density at radius 3 is 2.70 bits per heavy atom. The maximum absolute atomic E-state index is 11.6. The standard InChI is InChI=1S/C16H22BrNO2/c1-16(2,3)20-15(19)18-10-11-7-13(8-11)12-5-4-6-14(17)9-12/h4-6,9,11,13H,7-8,10H2,1-3H3,(H,18,19). The van der Waals surface area contributed by atoms with Gasteiger partial charge < -0.3 is 10.1 Å². The van der Waals surface area contributed by atoms with Crippen LogP contribution in [-0.4, -0.2) is 18.2 Å². The molecule has 1 aromatic rings. The maximum atomic E-state index is 11.6. The van der Waals surface area contributed by atoms with E-state index in [0.717, 1.165) is 17.3 Å². The zero-order valence-electron chi connectivity index (χ0n) is 12.3. The van der Waals surface area contributed by atoms with E-state index in [4.69, 9.17) is 4.74 Å². The van der Waals surface area contributed by atoms with E-state index in [-0.39, 0.29) is 6.09 Å². The van der Waals surface area contributed by atoms with Crippen LogP contribution in [0.15, 0.2) is 28.7 Å². The van der Waals surface area contributed by atoms with Crippen LogP contribution in [0.5, 0.6) is 0 Å². The van der Waals surface area contributed by atoms with E-state index < -0.39 is 5.60 Å². The van der Waals surface area contributed by atoms with Crippen LogP contribution in [0.1, 0.15) is 45.1 Å². The molecule has 0 heterocycles. The molecule has 0 spiro atoms. The lowest BCUT2D eigenvalue weighted by atomic mass is 9.71. The highest BCUT2D eigenvalue weighted by atomic mass is 79.9. The third-order valence-corrected chi connectivity index (χ3v) is 3.98. The third kappa shape index (κ3) is 4.51. The monoisotopic (exact) mass is 339 g/mol. The van der Waals surface area contributed by atoms with Crippen LogP contribution in [0.25, 0.3) is 0 Å². The van der Waals surface area contributed by atoms with Gasteiger partial charge in [-0.1, -0.05) is 28.1 Å². The molecule has 110 valence electrons. The lowest BCUT2D eigenvalue weighted by Gasteiger charge is -2.36. The fourth-order valence-corrected chi connectivity index (χ4v) is 2.89. The first-order valence-electron chi connectivity index (χ1n) is 7.06. The smallest absolute Gasteiger partial charge is 0.407 e. The van der Waals surface area contributed by atoms with Gasteiger partial charge in [0, 0.05) is 11.0 Å². The minimum Gasteiger partial charge on any atom is -0.444 e. The van der Waals surface area contributed by atoms with Gasteiger partial charge in [-0.15, -0.1) is 0 Å². The van der Waals surface area contributed by atoms with Crippen molar-refractivity contribution >= 4 is 22.0 Å². The summed E-state index contributed by atoms with van der Waals surface area (Å²) in [6, 6.07) is 8.48. The van der Waals surface area contributed by atoms with E-state index in [1.54, 1.807) is 0 Å². The average Bonchev–Trinajstić information content (AvgIpc) is 2.24. The van der Waals surface area contributed by atoms with Crippen molar-refractivity contribution in [2.45, 2.75) is 45.1 Å². The summed E-state index contributed by atoms with van der Waals surface area (Å²) in [7, 11) is 0. The fourth-order valence-electron chi connectivity index (χ4n) is 2.48. The van der Waals surface area contributed by atoms with E-state index in [2.05, 4.69) is 39.4 Å². The Morgan fingerprint density at radius 2 is 2.10 bits per heavy atom. The summed E-state index contributed by atoms with van der Waals surface area (Å²) in [6.07, 6.45) is 1.95. The van der Waals surface area contributed by atoms with Gasteiger partial charge in [-0.25, -0.2) is 4.79 Å². The van der Waals surface area contributed by atoms with E-state index in [0.29, 0.717) is 18.4 Å². The summed E-state index contributed by atoms with van der Waals surface area (Å²) in [5.74, 6) is 1.18. The van der Waals surface area contributed by atoms with Crippen LogP contribution >= 0.6 is 15.9 Å². The van der Waals surface area contributed by atoms with Gasteiger partial charge in [-0.3, -0.25) is 0 Å². The summed E-state index contributed by atoms with van der Waals surface area (Å²) < 4.78 is 6.36. The molecular weight excluding hydrogens is 318 g/mol. The van der Waals surface area contributed by atoms with Crippen LogP contribution in [0.4, 0.5) is 4.79 Å². The Kier molecular flexibility index (Phi) is 4.74. The molecule has 3 nitrogen and oxygen atoms in total. The highest BCUT2D eigenvalue weighted by molar-refractivity contribution is 9.10. The van der Waals surface area contributed by atoms with Crippen molar-refractivity contribution in [3.8, 4) is 0 Å². The maximum Gasteiger partial charge on any atom is 0.407 e. The normalized spacial score (nSPS) is 22.0. The number of carbonyl (C=O) groups excluding carboxylic acids is 1. The number of rotatable bonds is 3. The van der Waals surface area contributed by atoms with Gasteiger partial charge >= 0.3 is 6.09 Å². The molecule has 1 N–H and O–H groups in total. The predicted molar refractivity (Wildman–Crippen MR) is 83.8 cm³/mol. The number of hydrogen-bond donors (Lipinski definition) is 1. The lowest BCUT2D eigenvalue weighted by molar-refractivity contribution is 0.0506. The molecule has 4 heteroatoms. The topological polar surface area (TPSA) is 38.3 Å². The van der Waals surface area contributed by atoms with Gasteiger partial charge in [0.1, 0.15) is 5.60 Å². The zero-order chi connectivity index (χ0) is 14.8. The largest absolute Gasteiger partial charge is 0.444 e. The first-order valence-corrected chi connectivity index (χ1v) is 7.85. The number of benzene rings is 1. The molecule has 0 bridgehead atoms. The Labute approximate surface area is 129 Å². The van der Waals surface area contributed by atoms with Crippen molar-refractivity contribution in [2.75, 3.05) is 6.54 Å². The summed E-state index contributed by atoms with van der Waals surface area (Å²) in [5, 5.41) is 2.85. The molecule has 20 heavy (non-hydrogen) atoms. The highest BCUT2D eigenvalue weighted by Crippen LogP contribution is 2.41. The van der Waals surface area contributed by atoms with Gasteiger partial charge in [-0.05, 0) is 63.1 Å². The van der Waals surface area contributed by atoms with Crippen molar-refractivity contribution in [3.05, 3.63) is 34.3 Å². The minimum absolute atomic E-state index is 0.316. The zero-order valence-corrected chi connectivity index (χ0v) is 13.9. The number of alkyl carbamates (subject to hydrolysis) is 1. The van der Waals surface area contributed by atoms with Crippen LogP contribution in [0, 0.1) is 5.92 Å². The van der Waals surface area contributed by atoms with E-state index in [1.165, 1.54) is 5.56 Å². The van der Waals surface area contributed by atoms with Gasteiger partial charge in [-0.2, -0.15) is 0 Å².